The number of nitrogens with zero attached hydrogens (tertiary/aromatic N) is 2. The average molecular weight is 418 g/mol. The summed E-state index contributed by atoms with van der Waals surface area (Å²) in [5.41, 5.74) is 1.41. The van der Waals surface area contributed by atoms with E-state index in [1.807, 2.05) is 30.3 Å². The highest BCUT2D eigenvalue weighted by atomic mass is 16.7. The standard InChI is InChI=1S/C23H18N2O6/c1-29-23(28)14-9-11-15(12-10-14)24-21(26)18-19(17-8-5-13-30-17)25(31-20(18)22(24)27)16-6-3-2-4-7-16/h2-13,18-20H,1H3/t18-,19+,20+/m1/s1. The number of imide groups is 1. The molecule has 5 rings (SSSR count). The largest absolute Gasteiger partial charge is 0.467 e. The number of benzene rings is 2. The summed E-state index contributed by atoms with van der Waals surface area (Å²) >= 11 is 0. The zero-order valence-electron chi connectivity index (χ0n) is 16.5. The van der Waals surface area contributed by atoms with Gasteiger partial charge in [0.05, 0.1) is 30.3 Å². The van der Waals surface area contributed by atoms with E-state index in [1.165, 1.54) is 25.5 Å². The third kappa shape index (κ3) is 3.00. The summed E-state index contributed by atoms with van der Waals surface area (Å²) in [6.45, 7) is 0. The lowest BCUT2D eigenvalue weighted by Gasteiger charge is -2.27. The fourth-order valence-electron chi connectivity index (χ4n) is 4.08. The van der Waals surface area contributed by atoms with Gasteiger partial charge in [-0.25, -0.2) is 14.8 Å². The Morgan fingerprint density at radius 1 is 0.903 bits per heavy atom. The molecule has 1 aromatic heterocycles. The van der Waals surface area contributed by atoms with Crippen LogP contribution in [0.3, 0.4) is 0 Å². The third-order valence-corrected chi connectivity index (χ3v) is 5.51. The molecule has 0 aliphatic carbocycles. The summed E-state index contributed by atoms with van der Waals surface area (Å²) in [5, 5.41) is 1.57. The first-order chi connectivity index (χ1) is 15.1. The van der Waals surface area contributed by atoms with Crippen molar-refractivity contribution < 1.29 is 28.4 Å². The minimum absolute atomic E-state index is 0.325. The summed E-state index contributed by atoms with van der Waals surface area (Å²) in [6, 6.07) is 18.3. The Labute approximate surface area is 177 Å². The van der Waals surface area contributed by atoms with Crippen LogP contribution in [0, 0.1) is 5.92 Å². The van der Waals surface area contributed by atoms with Crippen molar-refractivity contribution in [2.24, 2.45) is 5.92 Å². The highest BCUT2D eigenvalue weighted by Gasteiger charge is 2.61. The predicted octanol–water partition coefficient (Wildman–Crippen LogP) is 3.12. The molecular formula is C23H18N2O6. The van der Waals surface area contributed by atoms with Gasteiger partial charge >= 0.3 is 5.97 Å². The summed E-state index contributed by atoms with van der Waals surface area (Å²) in [5.74, 6) is -1.60. The molecule has 2 fully saturated rings. The second kappa shape index (κ2) is 7.41. The summed E-state index contributed by atoms with van der Waals surface area (Å²) in [6.07, 6.45) is 0.541. The molecule has 0 N–H and O–H groups in total. The SMILES string of the molecule is COC(=O)c1ccc(N2C(=O)[C@H]3[C@H](ON(c4ccccc4)[C@H]3c3ccco3)C2=O)cc1. The van der Waals surface area contributed by atoms with Gasteiger partial charge in [0.15, 0.2) is 6.10 Å². The van der Waals surface area contributed by atoms with Crippen molar-refractivity contribution in [3.8, 4) is 0 Å². The summed E-state index contributed by atoms with van der Waals surface area (Å²) < 4.78 is 10.3. The number of rotatable bonds is 4. The number of fused-ring (bicyclic) bond motifs is 1. The highest BCUT2D eigenvalue weighted by molar-refractivity contribution is 6.24. The predicted molar refractivity (Wildman–Crippen MR) is 109 cm³/mol. The van der Waals surface area contributed by atoms with E-state index in [1.54, 1.807) is 29.3 Å². The number of methoxy groups -OCH3 is 1. The molecule has 2 saturated heterocycles. The molecular weight excluding hydrogens is 400 g/mol. The number of para-hydroxylation sites is 1. The zero-order chi connectivity index (χ0) is 21.5. The maximum Gasteiger partial charge on any atom is 0.337 e. The van der Waals surface area contributed by atoms with Crippen LogP contribution in [-0.4, -0.2) is 31.0 Å². The molecule has 8 heteroatoms. The number of hydroxylamine groups is 1. The van der Waals surface area contributed by atoms with Crippen LogP contribution in [0.4, 0.5) is 11.4 Å². The Balaban J connectivity index is 1.51. The first-order valence-corrected chi connectivity index (χ1v) is 9.71. The molecule has 0 unspecified atom stereocenters. The monoisotopic (exact) mass is 418 g/mol. The van der Waals surface area contributed by atoms with Crippen LogP contribution >= 0.6 is 0 Å². The van der Waals surface area contributed by atoms with E-state index in [4.69, 9.17) is 14.0 Å². The van der Waals surface area contributed by atoms with Crippen LogP contribution in [0.2, 0.25) is 0 Å². The Hall–Kier alpha value is -3.91. The molecule has 2 amide bonds. The molecule has 0 saturated carbocycles. The number of carbonyl (C=O) groups is 3. The van der Waals surface area contributed by atoms with Crippen molar-refractivity contribution >= 4 is 29.2 Å². The van der Waals surface area contributed by atoms with Gasteiger partial charge < -0.3 is 9.15 Å². The molecule has 2 aliphatic rings. The normalized spacial score (nSPS) is 22.7. The van der Waals surface area contributed by atoms with Crippen LogP contribution in [0.25, 0.3) is 0 Å². The number of furan rings is 1. The molecule has 2 aromatic carbocycles. The molecule has 2 aliphatic heterocycles. The minimum atomic E-state index is -0.983. The number of ether oxygens (including phenoxy) is 1. The fraction of sp³-hybridized carbons (Fsp3) is 0.174. The molecule has 0 bridgehead atoms. The van der Waals surface area contributed by atoms with Crippen molar-refractivity contribution in [1.29, 1.82) is 0 Å². The molecule has 3 heterocycles. The molecule has 31 heavy (non-hydrogen) atoms. The Bertz CT molecular complexity index is 1130. The zero-order valence-corrected chi connectivity index (χ0v) is 16.5. The Kier molecular flexibility index (Phi) is 4.56. The third-order valence-electron chi connectivity index (χ3n) is 5.51. The van der Waals surface area contributed by atoms with E-state index in [2.05, 4.69) is 0 Å². The molecule has 156 valence electrons. The van der Waals surface area contributed by atoms with Gasteiger partial charge in [-0.1, -0.05) is 18.2 Å². The summed E-state index contributed by atoms with van der Waals surface area (Å²) in [7, 11) is 1.29. The minimum Gasteiger partial charge on any atom is -0.467 e. The quantitative estimate of drug-likeness (QED) is 0.475. The van der Waals surface area contributed by atoms with E-state index in [0.717, 1.165) is 4.90 Å². The Morgan fingerprint density at radius 3 is 2.29 bits per heavy atom. The number of esters is 1. The second-order valence-corrected chi connectivity index (χ2v) is 7.22. The lowest BCUT2D eigenvalue weighted by atomic mass is 9.94. The highest BCUT2D eigenvalue weighted by Crippen LogP contribution is 2.47. The van der Waals surface area contributed by atoms with Crippen LogP contribution in [0.5, 0.6) is 0 Å². The van der Waals surface area contributed by atoms with Gasteiger partial charge in [-0.15, -0.1) is 0 Å². The summed E-state index contributed by atoms with van der Waals surface area (Å²) in [4.78, 5) is 45.4. The fourth-order valence-corrected chi connectivity index (χ4v) is 4.08. The Morgan fingerprint density at radius 2 is 1.65 bits per heavy atom. The lowest BCUT2D eigenvalue weighted by molar-refractivity contribution is -0.126. The van der Waals surface area contributed by atoms with Crippen LogP contribution in [-0.2, 0) is 19.2 Å². The van der Waals surface area contributed by atoms with Crippen LogP contribution in [0.1, 0.15) is 22.2 Å². The molecule has 8 nitrogen and oxygen atoms in total. The number of amides is 2. The van der Waals surface area contributed by atoms with E-state index >= 15 is 0 Å². The van der Waals surface area contributed by atoms with Crippen molar-refractivity contribution in [2.45, 2.75) is 12.1 Å². The van der Waals surface area contributed by atoms with Gasteiger partial charge in [0, 0.05) is 0 Å². The van der Waals surface area contributed by atoms with Gasteiger partial charge in [0.2, 0.25) is 5.91 Å². The lowest BCUT2D eigenvalue weighted by Crippen LogP contribution is -2.37. The first kappa shape index (κ1) is 19.1. The van der Waals surface area contributed by atoms with Crippen molar-refractivity contribution in [2.75, 3.05) is 17.1 Å². The molecule has 0 spiro atoms. The number of carbonyl (C=O) groups excluding carboxylic acids is 3. The number of anilines is 2. The maximum absolute atomic E-state index is 13.4. The maximum atomic E-state index is 13.4. The van der Waals surface area contributed by atoms with Gasteiger partial charge in [0.25, 0.3) is 5.91 Å². The van der Waals surface area contributed by atoms with Crippen LogP contribution < -0.4 is 9.96 Å². The van der Waals surface area contributed by atoms with E-state index < -0.39 is 29.9 Å². The number of hydrogen-bond acceptors (Lipinski definition) is 7. The van der Waals surface area contributed by atoms with E-state index in [9.17, 15) is 14.4 Å². The first-order valence-electron chi connectivity index (χ1n) is 9.71. The van der Waals surface area contributed by atoms with Gasteiger partial charge in [-0.2, -0.15) is 0 Å². The van der Waals surface area contributed by atoms with Gasteiger partial charge in [-0.05, 0) is 48.5 Å². The number of hydrogen-bond donors (Lipinski definition) is 0. The molecule has 3 aromatic rings. The topological polar surface area (TPSA) is 89.3 Å². The van der Waals surface area contributed by atoms with E-state index in [-0.39, 0.29) is 5.91 Å². The van der Waals surface area contributed by atoms with E-state index in [0.29, 0.717) is 22.7 Å². The van der Waals surface area contributed by atoms with Crippen molar-refractivity contribution in [3.05, 3.63) is 84.3 Å². The van der Waals surface area contributed by atoms with Crippen molar-refractivity contribution in [3.63, 3.8) is 0 Å². The second-order valence-electron chi connectivity index (χ2n) is 7.22. The smallest absolute Gasteiger partial charge is 0.337 e. The van der Waals surface area contributed by atoms with Gasteiger partial charge in [0.1, 0.15) is 17.7 Å². The van der Waals surface area contributed by atoms with Gasteiger partial charge in [-0.3, -0.25) is 14.4 Å². The molecule has 0 radical (unpaired) electrons. The average Bonchev–Trinajstić information content (AvgIpc) is 3.51. The van der Waals surface area contributed by atoms with Crippen molar-refractivity contribution in [1.82, 2.24) is 0 Å². The molecule has 3 atom stereocenters. The van der Waals surface area contributed by atoms with Crippen LogP contribution in [0.15, 0.2) is 77.4 Å².